The first-order chi connectivity index (χ1) is 9.38. The molecule has 3 nitrogen and oxygen atoms in total. The van der Waals surface area contributed by atoms with Gasteiger partial charge in [0.1, 0.15) is 0 Å². The van der Waals surface area contributed by atoms with Crippen LogP contribution in [0.5, 0.6) is 0 Å². The number of halogens is 1. The van der Waals surface area contributed by atoms with Crippen LogP contribution < -0.4 is 11.1 Å². The van der Waals surface area contributed by atoms with E-state index >= 15 is 0 Å². The van der Waals surface area contributed by atoms with Crippen molar-refractivity contribution in [1.82, 2.24) is 0 Å². The predicted octanol–water partition coefficient (Wildman–Crippen LogP) is 4.21. The molecule has 0 saturated carbocycles. The van der Waals surface area contributed by atoms with Crippen molar-refractivity contribution in [2.75, 3.05) is 11.1 Å². The summed E-state index contributed by atoms with van der Waals surface area (Å²) in [5, 5.41) is 2.92. The maximum absolute atomic E-state index is 12.4. The molecule has 2 aromatic rings. The lowest BCUT2D eigenvalue weighted by Gasteiger charge is -2.13. The molecular weight excluding hydrogens is 316 g/mol. The Labute approximate surface area is 127 Å². The third kappa shape index (κ3) is 3.02. The van der Waals surface area contributed by atoms with Gasteiger partial charge in [0.2, 0.25) is 0 Å². The van der Waals surface area contributed by atoms with Crippen LogP contribution in [0.25, 0.3) is 0 Å². The fourth-order valence-electron chi connectivity index (χ4n) is 2.12. The SMILES string of the molecule is Cc1cc(C)c(NC(=O)c2cc(C)ccc2N)c(Br)c1. The van der Waals surface area contributed by atoms with Gasteiger partial charge in [-0.2, -0.15) is 0 Å². The van der Waals surface area contributed by atoms with Gasteiger partial charge in [-0.1, -0.05) is 17.7 Å². The fourth-order valence-corrected chi connectivity index (χ4v) is 2.89. The van der Waals surface area contributed by atoms with E-state index in [0.717, 1.165) is 26.9 Å². The average Bonchev–Trinajstić information content (AvgIpc) is 2.36. The smallest absolute Gasteiger partial charge is 0.257 e. The highest BCUT2D eigenvalue weighted by Gasteiger charge is 2.13. The Kier molecular flexibility index (Phi) is 4.14. The topological polar surface area (TPSA) is 55.1 Å². The molecule has 0 aromatic heterocycles. The summed E-state index contributed by atoms with van der Waals surface area (Å²) in [6.07, 6.45) is 0. The first-order valence-electron chi connectivity index (χ1n) is 6.32. The van der Waals surface area contributed by atoms with Gasteiger partial charge in [0.15, 0.2) is 0 Å². The zero-order chi connectivity index (χ0) is 14.9. The second-order valence-corrected chi connectivity index (χ2v) is 5.84. The van der Waals surface area contributed by atoms with E-state index in [1.54, 1.807) is 12.1 Å². The highest BCUT2D eigenvalue weighted by Crippen LogP contribution is 2.28. The van der Waals surface area contributed by atoms with Gasteiger partial charge in [0, 0.05) is 10.2 Å². The number of nitrogens with one attached hydrogen (secondary N) is 1. The number of carbonyl (C=O) groups excluding carboxylic acids is 1. The van der Waals surface area contributed by atoms with E-state index in [1.165, 1.54) is 0 Å². The Bertz CT molecular complexity index is 657. The summed E-state index contributed by atoms with van der Waals surface area (Å²) in [6, 6.07) is 9.44. The normalized spacial score (nSPS) is 10.4. The number of amides is 1. The van der Waals surface area contributed by atoms with Crippen LogP contribution in [0.3, 0.4) is 0 Å². The van der Waals surface area contributed by atoms with E-state index in [0.29, 0.717) is 11.3 Å². The average molecular weight is 333 g/mol. The van der Waals surface area contributed by atoms with Crippen LogP contribution in [0.1, 0.15) is 27.0 Å². The number of carbonyl (C=O) groups is 1. The quantitative estimate of drug-likeness (QED) is 0.809. The van der Waals surface area contributed by atoms with Crippen LogP contribution in [0, 0.1) is 20.8 Å². The number of aryl methyl sites for hydroxylation is 3. The third-order valence-electron chi connectivity index (χ3n) is 3.12. The Morgan fingerprint density at radius 3 is 2.45 bits per heavy atom. The van der Waals surface area contributed by atoms with Gasteiger partial charge in [0.25, 0.3) is 5.91 Å². The molecule has 0 aliphatic carbocycles. The summed E-state index contributed by atoms with van der Waals surface area (Å²) < 4.78 is 0.870. The van der Waals surface area contributed by atoms with Gasteiger partial charge in [-0.3, -0.25) is 4.79 Å². The Morgan fingerprint density at radius 1 is 1.10 bits per heavy atom. The largest absolute Gasteiger partial charge is 0.398 e. The Hall–Kier alpha value is -1.81. The first-order valence-corrected chi connectivity index (χ1v) is 7.12. The number of nitrogen functional groups attached to an aromatic ring is 1. The van der Waals surface area contributed by atoms with Gasteiger partial charge in [-0.05, 0) is 66.0 Å². The Morgan fingerprint density at radius 2 is 1.80 bits per heavy atom. The minimum Gasteiger partial charge on any atom is -0.398 e. The van der Waals surface area contributed by atoms with Crippen LogP contribution in [0.4, 0.5) is 11.4 Å². The van der Waals surface area contributed by atoms with Crippen molar-refractivity contribution in [3.8, 4) is 0 Å². The van der Waals surface area contributed by atoms with Crippen molar-refractivity contribution in [3.63, 3.8) is 0 Å². The molecule has 0 bridgehead atoms. The monoisotopic (exact) mass is 332 g/mol. The molecule has 0 saturated heterocycles. The molecule has 0 heterocycles. The zero-order valence-corrected chi connectivity index (χ0v) is 13.3. The minimum atomic E-state index is -0.196. The predicted molar refractivity (Wildman–Crippen MR) is 87.2 cm³/mol. The molecule has 4 heteroatoms. The fraction of sp³-hybridized carbons (Fsp3) is 0.188. The molecule has 2 rings (SSSR count). The van der Waals surface area contributed by atoms with E-state index < -0.39 is 0 Å². The molecular formula is C16H17BrN2O. The van der Waals surface area contributed by atoms with Crippen LogP contribution >= 0.6 is 15.9 Å². The summed E-state index contributed by atoms with van der Waals surface area (Å²) in [7, 11) is 0. The molecule has 0 spiro atoms. The number of anilines is 2. The maximum Gasteiger partial charge on any atom is 0.257 e. The number of hydrogen-bond acceptors (Lipinski definition) is 2. The summed E-state index contributed by atoms with van der Waals surface area (Å²) in [4.78, 5) is 12.4. The molecule has 0 atom stereocenters. The number of hydrogen-bond donors (Lipinski definition) is 2. The van der Waals surface area contributed by atoms with Gasteiger partial charge < -0.3 is 11.1 Å². The highest BCUT2D eigenvalue weighted by molar-refractivity contribution is 9.10. The molecule has 0 unspecified atom stereocenters. The van der Waals surface area contributed by atoms with Gasteiger partial charge in [-0.15, -0.1) is 0 Å². The van der Waals surface area contributed by atoms with Crippen LogP contribution in [-0.2, 0) is 0 Å². The summed E-state index contributed by atoms with van der Waals surface area (Å²) >= 11 is 3.49. The summed E-state index contributed by atoms with van der Waals surface area (Å²) in [6.45, 7) is 5.91. The standard InChI is InChI=1S/C16H17BrN2O/c1-9-4-5-14(18)12(7-9)16(20)19-15-11(3)6-10(2)8-13(15)17/h4-8H,18H2,1-3H3,(H,19,20). The van der Waals surface area contributed by atoms with Gasteiger partial charge in [-0.25, -0.2) is 0 Å². The Balaban J connectivity index is 2.35. The van der Waals surface area contributed by atoms with E-state index in [2.05, 4.69) is 21.2 Å². The minimum absolute atomic E-state index is 0.196. The zero-order valence-electron chi connectivity index (χ0n) is 11.8. The maximum atomic E-state index is 12.4. The van der Waals surface area contributed by atoms with E-state index in [-0.39, 0.29) is 5.91 Å². The second kappa shape index (κ2) is 5.67. The van der Waals surface area contributed by atoms with Crippen LogP contribution in [0.2, 0.25) is 0 Å². The van der Waals surface area contributed by atoms with Crippen molar-refractivity contribution in [2.45, 2.75) is 20.8 Å². The molecule has 1 amide bonds. The molecule has 104 valence electrons. The van der Waals surface area contributed by atoms with E-state index in [1.807, 2.05) is 39.0 Å². The van der Waals surface area contributed by atoms with Gasteiger partial charge in [0.05, 0.1) is 11.3 Å². The van der Waals surface area contributed by atoms with Crippen molar-refractivity contribution >= 4 is 33.2 Å². The lowest BCUT2D eigenvalue weighted by molar-refractivity contribution is 0.102. The summed E-state index contributed by atoms with van der Waals surface area (Å²) in [5.41, 5.74) is 10.8. The van der Waals surface area contributed by atoms with Crippen molar-refractivity contribution < 1.29 is 4.79 Å². The molecule has 3 N–H and O–H groups in total. The van der Waals surface area contributed by atoms with E-state index in [4.69, 9.17) is 5.73 Å². The van der Waals surface area contributed by atoms with Crippen LogP contribution in [0.15, 0.2) is 34.8 Å². The highest BCUT2D eigenvalue weighted by atomic mass is 79.9. The molecule has 20 heavy (non-hydrogen) atoms. The molecule has 2 aromatic carbocycles. The van der Waals surface area contributed by atoms with Gasteiger partial charge >= 0.3 is 0 Å². The van der Waals surface area contributed by atoms with Crippen molar-refractivity contribution in [3.05, 3.63) is 57.1 Å². The number of rotatable bonds is 2. The molecule has 0 radical (unpaired) electrons. The number of benzene rings is 2. The lowest BCUT2D eigenvalue weighted by Crippen LogP contribution is -2.15. The second-order valence-electron chi connectivity index (χ2n) is 4.98. The van der Waals surface area contributed by atoms with Crippen molar-refractivity contribution in [2.24, 2.45) is 0 Å². The number of nitrogens with two attached hydrogens (primary N) is 1. The van der Waals surface area contributed by atoms with Crippen LogP contribution in [-0.4, -0.2) is 5.91 Å². The molecule has 0 aliphatic rings. The molecule has 0 aliphatic heterocycles. The lowest BCUT2D eigenvalue weighted by atomic mass is 10.1. The van der Waals surface area contributed by atoms with Crippen molar-refractivity contribution in [1.29, 1.82) is 0 Å². The third-order valence-corrected chi connectivity index (χ3v) is 3.75. The summed E-state index contributed by atoms with van der Waals surface area (Å²) in [5.74, 6) is -0.196. The molecule has 0 fully saturated rings. The first kappa shape index (κ1) is 14.6. The van der Waals surface area contributed by atoms with E-state index in [9.17, 15) is 4.79 Å².